The van der Waals surface area contributed by atoms with E-state index in [1.807, 2.05) is 0 Å². The number of carbonyl (C=O) groups is 1. The van der Waals surface area contributed by atoms with E-state index < -0.39 is 17.6 Å². The van der Waals surface area contributed by atoms with Crippen LogP contribution in [0.4, 0.5) is 13.2 Å². The lowest BCUT2D eigenvalue weighted by Crippen LogP contribution is -2.29. The second-order valence-electron chi connectivity index (χ2n) is 5.02. The summed E-state index contributed by atoms with van der Waals surface area (Å²) in [4.78, 5) is 11.7. The molecule has 0 saturated carbocycles. The van der Waals surface area contributed by atoms with Crippen LogP contribution in [0.25, 0.3) is 0 Å². The Morgan fingerprint density at radius 2 is 1.92 bits per heavy atom. The van der Waals surface area contributed by atoms with Gasteiger partial charge in [-0.15, -0.1) is 0 Å². The summed E-state index contributed by atoms with van der Waals surface area (Å²) >= 11 is 11.7. The van der Waals surface area contributed by atoms with Crippen LogP contribution in [-0.2, 0) is 11.0 Å². The highest BCUT2D eigenvalue weighted by Gasteiger charge is 2.30. The minimum atomic E-state index is -4.43. The van der Waals surface area contributed by atoms with Crippen molar-refractivity contribution < 1.29 is 22.7 Å². The summed E-state index contributed by atoms with van der Waals surface area (Å²) in [5, 5.41) is 3.19. The molecule has 0 fully saturated rings. The number of alkyl halides is 3. The van der Waals surface area contributed by atoms with Crippen molar-refractivity contribution in [3.05, 3.63) is 63.6 Å². The molecule has 0 spiro atoms. The number of rotatable bonds is 4. The van der Waals surface area contributed by atoms with Crippen LogP contribution in [0, 0.1) is 11.8 Å². The molecule has 0 bridgehead atoms. The van der Waals surface area contributed by atoms with Crippen LogP contribution in [0.3, 0.4) is 0 Å². The Morgan fingerprint density at radius 1 is 1.15 bits per heavy atom. The van der Waals surface area contributed by atoms with Crippen LogP contribution in [0.15, 0.2) is 42.5 Å². The Balaban J connectivity index is 1.84. The molecule has 0 heterocycles. The van der Waals surface area contributed by atoms with Crippen molar-refractivity contribution in [1.29, 1.82) is 0 Å². The minimum Gasteiger partial charge on any atom is -0.482 e. The molecular weight excluding hydrogens is 390 g/mol. The molecule has 0 aliphatic heterocycles. The van der Waals surface area contributed by atoms with Crippen LogP contribution < -0.4 is 10.1 Å². The number of hydrogen-bond donors (Lipinski definition) is 1. The maximum atomic E-state index is 12.6. The molecule has 0 atom stereocenters. The normalized spacial score (nSPS) is 10.7. The summed E-state index contributed by atoms with van der Waals surface area (Å²) < 4.78 is 43.1. The summed E-state index contributed by atoms with van der Waals surface area (Å²) in [5.41, 5.74) is -0.573. The molecule has 136 valence electrons. The van der Waals surface area contributed by atoms with Crippen molar-refractivity contribution in [2.75, 3.05) is 13.2 Å². The molecule has 2 aromatic carbocycles. The van der Waals surface area contributed by atoms with Gasteiger partial charge in [0, 0.05) is 16.7 Å². The fourth-order valence-corrected chi connectivity index (χ4v) is 2.18. The van der Waals surface area contributed by atoms with E-state index in [1.54, 1.807) is 6.07 Å². The van der Waals surface area contributed by atoms with Gasteiger partial charge in [0.25, 0.3) is 5.91 Å². The molecule has 0 aromatic heterocycles. The number of halogens is 5. The molecule has 26 heavy (non-hydrogen) atoms. The maximum Gasteiger partial charge on any atom is 0.416 e. The van der Waals surface area contributed by atoms with Crippen molar-refractivity contribution in [3.8, 4) is 17.6 Å². The quantitative estimate of drug-likeness (QED) is 0.762. The number of carbonyl (C=O) groups excluding carboxylic acids is 1. The van der Waals surface area contributed by atoms with Crippen molar-refractivity contribution in [3.63, 3.8) is 0 Å². The van der Waals surface area contributed by atoms with Crippen molar-refractivity contribution in [2.24, 2.45) is 0 Å². The van der Waals surface area contributed by atoms with Gasteiger partial charge in [-0.2, -0.15) is 13.2 Å². The zero-order valence-corrected chi connectivity index (χ0v) is 14.7. The van der Waals surface area contributed by atoms with Gasteiger partial charge in [0.15, 0.2) is 6.61 Å². The summed E-state index contributed by atoms with van der Waals surface area (Å²) in [6.07, 6.45) is -4.43. The monoisotopic (exact) mass is 401 g/mol. The van der Waals surface area contributed by atoms with E-state index in [0.29, 0.717) is 10.0 Å². The third-order valence-corrected chi connectivity index (χ3v) is 3.60. The van der Waals surface area contributed by atoms with Gasteiger partial charge in [-0.1, -0.05) is 41.1 Å². The summed E-state index contributed by atoms with van der Waals surface area (Å²) in [7, 11) is 0. The predicted molar refractivity (Wildman–Crippen MR) is 93.3 cm³/mol. The molecule has 2 rings (SSSR count). The average molecular weight is 402 g/mol. The van der Waals surface area contributed by atoms with Gasteiger partial charge >= 0.3 is 6.18 Å². The summed E-state index contributed by atoms with van der Waals surface area (Å²) in [6, 6.07) is 9.23. The fraction of sp³-hybridized carbons (Fsp3) is 0.167. The smallest absolute Gasteiger partial charge is 0.416 e. The van der Waals surface area contributed by atoms with Gasteiger partial charge in [-0.25, -0.2) is 0 Å². The van der Waals surface area contributed by atoms with Crippen molar-refractivity contribution in [1.82, 2.24) is 5.32 Å². The molecule has 1 amide bonds. The first-order chi connectivity index (χ1) is 12.3. The van der Waals surface area contributed by atoms with Crippen LogP contribution in [0.1, 0.15) is 11.1 Å². The molecular formula is C18H12Cl2F3NO2. The Labute approximate surface area is 158 Å². The molecule has 3 nitrogen and oxygen atoms in total. The Hall–Kier alpha value is -2.36. The second kappa shape index (κ2) is 8.84. The number of nitrogens with one attached hydrogen (secondary N) is 1. The first-order valence-electron chi connectivity index (χ1n) is 7.26. The highest BCUT2D eigenvalue weighted by atomic mass is 35.5. The number of ether oxygens (including phenoxy) is 1. The van der Waals surface area contributed by atoms with Crippen LogP contribution in [-0.4, -0.2) is 19.1 Å². The maximum absolute atomic E-state index is 12.6. The van der Waals surface area contributed by atoms with Gasteiger partial charge in [-0.05, 0) is 30.3 Å². The lowest BCUT2D eigenvalue weighted by Gasteiger charge is -2.07. The number of hydrogen-bond acceptors (Lipinski definition) is 2. The van der Waals surface area contributed by atoms with E-state index in [0.717, 1.165) is 12.1 Å². The molecule has 0 radical (unpaired) electrons. The molecule has 8 heteroatoms. The van der Waals surface area contributed by atoms with E-state index in [2.05, 4.69) is 17.2 Å². The minimum absolute atomic E-state index is 0.0400. The highest BCUT2D eigenvalue weighted by molar-refractivity contribution is 6.34. The van der Waals surface area contributed by atoms with E-state index in [-0.39, 0.29) is 24.5 Å². The fourth-order valence-electron chi connectivity index (χ4n) is 1.84. The van der Waals surface area contributed by atoms with Gasteiger partial charge in [0.1, 0.15) is 5.75 Å². The zero-order valence-electron chi connectivity index (χ0n) is 13.2. The summed E-state index contributed by atoms with van der Waals surface area (Å²) in [5.74, 6) is 4.95. The first-order valence-corrected chi connectivity index (χ1v) is 8.02. The topological polar surface area (TPSA) is 38.3 Å². The number of benzene rings is 2. The van der Waals surface area contributed by atoms with Crippen molar-refractivity contribution in [2.45, 2.75) is 6.18 Å². The largest absolute Gasteiger partial charge is 0.482 e. The van der Waals surface area contributed by atoms with Crippen molar-refractivity contribution >= 4 is 29.1 Å². The van der Waals surface area contributed by atoms with Crippen LogP contribution in [0.5, 0.6) is 5.75 Å². The Kier molecular flexibility index (Phi) is 6.78. The SMILES string of the molecule is O=C(COc1cc(Cl)ccc1Cl)NCC#Cc1cccc(C(F)(F)F)c1. The predicted octanol–water partition coefficient (Wildman–Crippen LogP) is 4.56. The van der Waals surface area contributed by atoms with Gasteiger partial charge in [0.2, 0.25) is 0 Å². The van der Waals surface area contributed by atoms with Gasteiger partial charge in [-0.3, -0.25) is 4.79 Å². The molecule has 0 aliphatic rings. The van der Waals surface area contributed by atoms with E-state index >= 15 is 0 Å². The molecule has 2 aromatic rings. The van der Waals surface area contributed by atoms with E-state index in [4.69, 9.17) is 27.9 Å². The van der Waals surface area contributed by atoms with Crippen LogP contribution >= 0.6 is 23.2 Å². The lowest BCUT2D eigenvalue weighted by molar-refractivity contribution is -0.137. The molecule has 1 N–H and O–H groups in total. The zero-order chi connectivity index (χ0) is 19.2. The Morgan fingerprint density at radius 3 is 2.65 bits per heavy atom. The van der Waals surface area contributed by atoms with Crippen LogP contribution in [0.2, 0.25) is 10.0 Å². The van der Waals surface area contributed by atoms with Gasteiger partial charge in [0.05, 0.1) is 17.1 Å². The molecule has 0 unspecified atom stereocenters. The highest BCUT2D eigenvalue weighted by Crippen LogP contribution is 2.29. The third-order valence-electron chi connectivity index (χ3n) is 3.05. The van der Waals surface area contributed by atoms with E-state index in [9.17, 15) is 18.0 Å². The van der Waals surface area contributed by atoms with E-state index in [1.165, 1.54) is 24.3 Å². The Bertz CT molecular complexity index is 857. The first kappa shape index (κ1) is 20.0. The number of amides is 1. The molecule has 0 aliphatic carbocycles. The standard InChI is InChI=1S/C18H12Cl2F3NO2/c19-14-6-7-15(20)16(10-14)26-11-17(25)24-8-2-4-12-3-1-5-13(9-12)18(21,22)23/h1,3,5-7,9-10H,8,11H2,(H,24,25). The summed E-state index contributed by atoms with van der Waals surface area (Å²) in [6.45, 7) is -0.340. The molecule has 0 saturated heterocycles. The average Bonchev–Trinajstić information content (AvgIpc) is 2.59. The second-order valence-corrected chi connectivity index (χ2v) is 5.86. The lowest BCUT2D eigenvalue weighted by atomic mass is 10.1. The van der Waals surface area contributed by atoms with Gasteiger partial charge < -0.3 is 10.1 Å². The third kappa shape index (κ3) is 6.17.